The van der Waals surface area contributed by atoms with Crippen LogP contribution in [0.25, 0.3) is 10.9 Å². The van der Waals surface area contributed by atoms with E-state index in [2.05, 4.69) is 20.4 Å². The highest BCUT2D eigenvalue weighted by Crippen LogP contribution is 2.30. The van der Waals surface area contributed by atoms with Crippen LogP contribution in [-0.4, -0.2) is 27.6 Å². The lowest BCUT2D eigenvalue weighted by molar-refractivity contribution is -0.125. The molecule has 0 radical (unpaired) electrons. The second kappa shape index (κ2) is 7.06. The van der Waals surface area contributed by atoms with E-state index >= 15 is 0 Å². The molecule has 0 aliphatic rings. The number of H-pyrrole nitrogens is 1. The molecule has 2 heterocycles. The Hall–Kier alpha value is -2.67. The van der Waals surface area contributed by atoms with Crippen molar-refractivity contribution < 1.29 is 14.1 Å². The fourth-order valence-electron chi connectivity index (χ4n) is 2.70. The molecule has 25 heavy (non-hydrogen) atoms. The molecule has 2 N–H and O–H groups in total. The smallest absolute Gasteiger partial charge is 0.246 e. The van der Waals surface area contributed by atoms with E-state index in [1.54, 1.807) is 0 Å². The summed E-state index contributed by atoms with van der Waals surface area (Å²) in [6.07, 6.45) is 1.89. The molecule has 2 aromatic heterocycles. The summed E-state index contributed by atoms with van der Waals surface area (Å²) in [5.41, 5.74) is 1.26. The number of nitrogens with one attached hydrogen (secondary N) is 2. The molecule has 0 fully saturated rings. The largest absolute Gasteiger partial charge is 0.374 e. The Morgan fingerprint density at radius 1 is 1.36 bits per heavy atom. The number of nitrogens with zero attached hydrogens (tertiary/aromatic N) is 2. The third kappa shape index (κ3) is 3.56. The number of fused-ring (bicyclic) bond motifs is 1. The molecule has 1 amide bonds. The molecule has 3 aromatic rings. The molecule has 7 nitrogen and oxygen atoms in total. The zero-order valence-electron chi connectivity index (χ0n) is 14.6. The SMILES string of the molecule is CCOCc1noc(CNC(=O)C(C)(C)c2c[nH]c3ccccc23)n1. The third-order valence-electron chi connectivity index (χ3n) is 4.18. The van der Waals surface area contributed by atoms with Gasteiger partial charge in [-0.05, 0) is 32.4 Å². The van der Waals surface area contributed by atoms with Crippen molar-refractivity contribution in [2.24, 2.45) is 0 Å². The lowest BCUT2D eigenvalue weighted by Crippen LogP contribution is -2.39. The number of aromatic nitrogens is 3. The van der Waals surface area contributed by atoms with Crippen LogP contribution in [0.2, 0.25) is 0 Å². The highest BCUT2D eigenvalue weighted by molar-refractivity contribution is 5.94. The number of aromatic amines is 1. The molecule has 0 atom stereocenters. The van der Waals surface area contributed by atoms with Crippen LogP contribution in [-0.2, 0) is 28.1 Å². The van der Waals surface area contributed by atoms with Gasteiger partial charge < -0.3 is 19.6 Å². The van der Waals surface area contributed by atoms with Gasteiger partial charge in [0.2, 0.25) is 11.8 Å². The van der Waals surface area contributed by atoms with Crippen LogP contribution < -0.4 is 5.32 Å². The van der Waals surface area contributed by atoms with Crippen LogP contribution >= 0.6 is 0 Å². The standard InChI is InChI=1S/C18H22N4O3/c1-4-24-11-15-21-16(25-22-15)10-20-17(23)18(2,3)13-9-19-14-8-6-5-7-12(13)14/h5-9,19H,4,10-11H2,1-3H3,(H,20,23). The van der Waals surface area contributed by atoms with Crippen molar-refractivity contribution in [1.29, 1.82) is 0 Å². The minimum atomic E-state index is -0.701. The van der Waals surface area contributed by atoms with E-state index in [0.717, 1.165) is 16.5 Å². The second-order valence-electron chi connectivity index (χ2n) is 6.30. The molecule has 7 heteroatoms. The van der Waals surface area contributed by atoms with Gasteiger partial charge in [-0.1, -0.05) is 23.4 Å². The number of benzene rings is 1. The molecule has 0 saturated heterocycles. The van der Waals surface area contributed by atoms with Gasteiger partial charge in [-0.2, -0.15) is 4.98 Å². The van der Waals surface area contributed by atoms with Gasteiger partial charge in [0.15, 0.2) is 5.82 Å². The first kappa shape index (κ1) is 17.2. The van der Waals surface area contributed by atoms with Crippen molar-refractivity contribution in [1.82, 2.24) is 20.4 Å². The average molecular weight is 342 g/mol. The maximum absolute atomic E-state index is 12.7. The van der Waals surface area contributed by atoms with Gasteiger partial charge >= 0.3 is 0 Å². The first-order valence-corrected chi connectivity index (χ1v) is 8.26. The number of carbonyl (C=O) groups excluding carboxylic acids is 1. The zero-order valence-corrected chi connectivity index (χ0v) is 14.6. The molecule has 1 aromatic carbocycles. The predicted molar refractivity (Wildman–Crippen MR) is 92.8 cm³/mol. The summed E-state index contributed by atoms with van der Waals surface area (Å²) in [6.45, 7) is 6.75. The normalized spacial score (nSPS) is 11.8. The predicted octanol–water partition coefficient (Wildman–Crippen LogP) is 2.68. The first-order valence-electron chi connectivity index (χ1n) is 8.26. The van der Waals surface area contributed by atoms with Crippen LogP contribution in [0.15, 0.2) is 35.0 Å². The third-order valence-corrected chi connectivity index (χ3v) is 4.18. The molecule has 0 aliphatic heterocycles. The topological polar surface area (TPSA) is 93.0 Å². The van der Waals surface area contributed by atoms with Crippen molar-refractivity contribution in [3.05, 3.63) is 47.7 Å². The van der Waals surface area contributed by atoms with Gasteiger partial charge in [0, 0.05) is 23.7 Å². The molecule has 0 saturated carbocycles. The second-order valence-corrected chi connectivity index (χ2v) is 6.30. The Labute approximate surface area is 145 Å². The molecule has 0 bridgehead atoms. The highest BCUT2D eigenvalue weighted by atomic mass is 16.5. The monoisotopic (exact) mass is 342 g/mol. The molecule has 0 unspecified atom stereocenters. The maximum Gasteiger partial charge on any atom is 0.246 e. The van der Waals surface area contributed by atoms with Gasteiger partial charge in [0.1, 0.15) is 6.61 Å². The summed E-state index contributed by atoms with van der Waals surface area (Å²) < 4.78 is 10.4. The maximum atomic E-state index is 12.7. The minimum Gasteiger partial charge on any atom is -0.374 e. The van der Waals surface area contributed by atoms with Crippen LogP contribution in [0.3, 0.4) is 0 Å². The van der Waals surface area contributed by atoms with Crippen molar-refractivity contribution in [3.63, 3.8) is 0 Å². The summed E-state index contributed by atoms with van der Waals surface area (Å²) in [5.74, 6) is 0.724. The molecular formula is C18H22N4O3. The number of hydrogen-bond donors (Lipinski definition) is 2. The van der Waals surface area contributed by atoms with E-state index in [4.69, 9.17) is 9.26 Å². The number of carbonyl (C=O) groups is 1. The van der Waals surface area contributed by atoms with E-state index < -0.39 is 5.41 Å². The van der Waals surface area contributed by atoms with Crippen LogP contribution in [0.4, 0.5) is 0 Å². The van der Waals surface area contributed by atoms with Gasteiger partial charge in [0.05, 0.1) is 12.0 Å². The first-order chi connectivity index (χ1) is 12.0. The lowest BCUT2D eigenvalue weighted by Gasteiger charge is -2.23. The average Bonchev–Trinajstić information content (AvgIpc) is 3.24. The Bertz CT molecular complexity index is 866. The molecule has 0 spiro atoms. The fraction of sp³-hybridized carbons (Fsp3) is 0.389. The zero-order chi connectivity index (χ0) is 17.9. The van der Waals surface area contributed by atoms with Crippen molar-refractivity contribution >= 4 is 16.8 Å². The van der Waals surface area contributed by atoms with Gasteiger partial charge in [-0.25, -0.2) is 0 Å². The quantitative estimate of drug-likeness (QED) is 0.688. The van der Waals surface area contributed by atoms with Gasteiger partial charge in [0.25, 0.3) is 0 Å². The lowest BCUT2D eigenvalue weighted by atomic mass is 9.83. The van der Waals surface area contributed by atoms with E-state index in [-0.39, 0.29) is 12.5 Å². The van der Waals surface area contributed by atoms with E-state index in [1.165, 1.54) is 0 Å². The number of ether oxygens (including phenoxy) is 1. The molecule has 3 rings (SSSR count). The minimum absolute atomic E-state index is 0.109. The van der Waals surface area contributed by atoms with E-state index in [9.17, 15) is 4.79 Å². The Morgan fingerprint density at radius 3 is 2.96 bits per heavy atom. The molecule has 132 valence electrons. The van der Waals surface area contributed by atoms with Gasteiger partial charge in [-0.15, -0.1) is 0 Å². The van der Waals surface area contributed by atoms with Crippen molar-refractivity contribution in [2.75, 3.05) is 6.61 Å². The summed E-state index contributed by atoms with van der Waals surface area (Å²) in [5, 5.41) is 7.73. The van der Waals surface area contributed by atoms with Crippen molar-refractivity contribution in [3.8, 4) is 0 Å². The molecule has 0 aliphatic carbocycles. The van der Waals surface area contributed by atoms with Crippen molar-refractivity contribution in [2.45, 2.75) is 39.3 Å². The Kier molecular flexibility index (Phi) is 4.85. The number of rotatable bonds is 7. The highest BCUT2D eigenvalue weighted by Gasteiger charge is 2.32. The summed E-state index contributed by atoms with van der Waals surface area (Å²) in [7, 11) is 0. The van der Waals surface area contributed by atoms with Gasteiger partial charge in [-0.3, -0.25) is 4.79 Å². The summed E-state index contributed by atoms with van der Waals surface area (Å²) in [4.78, 5) is 20.1. The Morgan fingerprint density at radius 2 is 2.16 bits per heavy atom. The van der Waals surface area contributed by atoms with Crippen LogP contribution in [0.1, 0.15) is 38.0 Å². The Balaban J connectivity index is 1.68. The van der Waals surface area contributed by atoms with E-state index in [0.29, 0.717) is 24.9 Å². The fourth-order valence-corrected chi connectivity index (χ4v) is 2.70. The molecular weight excluding hydrogens is 320 g/mol. The van der Waals surface area contributed by atoms with Crippen LogP contribution in [0, 0.1) is 0 Å². The number of amides is 1. The summed E-state index contributed by atoms with van der Waals surface area (Å²) in [6, 6.07) is 7.93. The van der Waals surface area contributed by atoms with Crippen LogP contribution in [0.5, 0.6) is 0 Å². The van der Waals surface area contributed by atoms with E-state index in [1.807, 2.05) is 51.2 Å². The number of hydrogen-bond acceptors (Lipinski definition) is 5. The number of para-hydroxylation sites is 1. The summed E-state index contributed by atoms with van der Waals surface area (Å²) >= 11 is 0.